The van der Waals surface area contributed by atoms with Gasteiger partial charge in [0.2, 0.25) is 5.91 Å². The van der Waals surface area contributed by atoms with Gasteiger partial charge in [0.25, 0.3) is 0 Å². The Morgan fingerprint density at radius 2 is 2.07 bits per heavy atom. The number of amides is 2. The summed E-state index contributed by atoms with van der Waals surface area (Å²) < 4.78 is 4.62. The van der Waals surface area contributed by atoms with Crippen LogP contribution in [0.5, 0.6) is 0 Å². The summed E-state index contributed by atoms with van der Waals surface area (Å²) in [5.41, 5.74) is 0. The zero-order chi connectivity index (χ0) is 11.1. The second-order valence-corrected chi connectivity index (χ2v) is 3.67. The molecule has 0 saturated carbocycles. The van der Waals surface area contributed by atoms with Gasteiger partial charge >= 0.3 is 6.09 Å². The molecule has 0 aromatic heterocycles. The fraction of sp³-hybridized carbons (Fsp3) is 0.800. The largest absolute Gasteiger partial charge is 0.450 e. The number of rotatable bonds is 3. The molecule has 2 amide bonds. The maximum absolute atomic E-state index is 11.4. The van der Waals surface area contributed by atoms with Gasteiger partial charge in [-0.1, -0.05) is 0 Å². The van der Waals surface area contributed by atoms with Gasteiger partial charge in [0.1, 0.15) is 0 Å². The van der Waals surface area contributed by atoms with Crippen LogP contribution < -0.4 is 10.6 Å². The van der Waals surface area contributed by atoms with Crippen molar-refractivity contribution in [2.24, 2.45) is 5.92 Å². The highest BCUT2D eigenvalue weighted by atomic mass is 16.5. The monoisotopic (exact) mass is 214 g/mol. The summed E-state index contributed by atoms with van der Waals surface area (Å²) in [6, 6.07) is 0. The quantitative estimate of drug-likeness (QED) is 0.723. The van der Waals surface area contributed by atoms with Crippen LogP contribution in [0, 0.1) is 5.92 Å². The summed E-state index contributed by atoms with van der Waals surface area (Å²) in [5, 5.41) is 5.43. The number of imide groups is 1. The molecule has 0 aromatic carbocycles. The molecule has 2 N–H and O–H groups in total. The van der Waals surface area contributed by atoms with E-state index in [1.54, 1.807) is 6.92 Å². The zero-order valence-corrected chi connectivity index (χ0v) is 9.04. The number of ether oxygens (including phenoxy) is 1. The molecule has 86 valence electrons. The number of alkyl carbamates (subject to hydrolysis) is 1. The van der Waals surface area contributed by atoms with Gasteiger partial charge in [0.15, 0.2) is 0 Å². The molecule has 1 heterocycles. The average molecular weight is 214 g/mol. The predicted molar refractivity (Wildman–Crippen MR) is 55.4 cm³/mol. The lowest BCUT2D eigenvalue weighted by Gasteiger charge is -2.21. The van der Waals surface area contributed by atoms with E-state index in [0.717, 1.165) is 25.9 Å². The van der Waals surface area contributed by atoms with E-state index in [-0.39, 0.29) is 12.5 Å². The molecule has 0 unspecified atom stereocenters. The molecule has 5 nitrogen and oxygen atoms in total. The summed E-state index contributed by atoms with van der Waals surface area (Å²) in [6.45, 7) is 3.90. The van der Waals surface area contributed by atoms with Crippen LogP contribution in [0.3, 0.4) is 0 Å². The number of hydrogen-bond acceptors (Lipinski definition) is 4. The van der Waals surface area contributed by atoms with Crippen LogP contribution in [-0.2, 0) is 9.53 Å². The van der Waals surface area contributed by atoms with Crippen molar-refractivity contribution >= 4 is 12.0 Å². The highest BCUT2D eigenvalue weighted by Gasteiger charge is 2.18. The first-order valence-electron chi connectivity index (χ1n) is 5.39. The topological polar surface area (TPSA) is 67.4 Å². The van der Waals surface area contributed by atoms with E-state index in [0.29, 0.717) is 12.3 Å². The smallest absolute Gasteiger partial charge is 0.413 e. The first kappa shape index (κ1) is 12.0. The standard InChI is InChI=1S/C10H18N2O3/c1-2-15-10(14)12-9(13)7-8-3-5-11-6-4-8/h8,11H,2-7H2,1H3,(H,12,13,14). The minimum Gasteiger partial charge on any atom is -0.450 e. The van der Waals surface area contributed by atoms with Crippen molar-refractivity contribution in [3.8, 4) is 0 Å². The number of carbonyl (C=O) groups excluding carboxylic acids is 2. The van der Waals surface area contributed by atoms with Crippen molar-refractivity contribution in [3.05, 3.63) is 0 Å². The van der Waals surface area contributed by atoms with E-state index in [9.17, 15) is 9.59 Å². The Morgan fingerprint density at radius 3 is 2.67 bits per heavy atom. The molecule has 0 spiro atoms. The second-order valence-electron chi connectivity index (χ2n) is 3.67. The van der Waals surface area contributed by atoms with Gasteiger partial charge in [-0.3, -0.25) is 10.1 Å². The fourth-order valence-corrected chi connectivity index (χ4v) is 1.68. The Morgan fingerprint density at radius 1 is 1.40 bits per heavy atom. The lowest BCUT2D eigenvalue weighted by atomic mass is 9.94. The Bertz CT molecular complexity index is 225. The molecule has 1 saturated heterocycles. The van der Waals surface area contributed by atoms with Crippen LogP contribution in [0.25, 0.3) is 0 Å². The Labute approximate surface area is 89.6 Å². The van der Waals surface area contributed by atoms with Crippen LogP contribution in [0.1, 0.15) is 26.2 Å². The maximum Gasteiger partial charge on any atom is 0.413 e. The van der Waals surface area contributed by atoms with Crippen LogP contribution in [0.15, 0.2) is 0 Å². The predicted octanol–water partition coefficient (Wildman–Crippen LogP) is 0.649. The maximum atomic E-state index is 11.4. The molecule has 1 fully saturated rings. The SMILES string of the molecule is CCOC(=O)NC(=O)CC1CCNCC1. The highest BCUT2D eigenvalue weighted by Crippen LogP contribution is 2.15. The lowest BCUT2D eigenvalue weighted by molar-refractivity contribution is -0.121. The molecular weight excluding hydrogens is 196 g/mol. The van der Waals surface area contributed by atoms with E-state index >= 15 is 0 Å². The second kappa shape index (κ2) is 6.40. The number of piperidine rings is 1. The molecule has 5 heteroatoms. The van der Waals surface area contributed by atoms with E-state index in [4.69, 9.17) is 0 Å². The minimum absolute atomic E-state index is 0.236. The molecule has 0 radical (unpaired) electrons. The van der Waals surface area contributed by atoms with Crippen molar-refractivity contribution in [3.63, 3.8) is 0 Å². The number of nitrogens with one attached hydrogen (secondary N) is 2. The molecule has 1 aliphatic heterocycles. The summed E-state index contributed by atoms with van der Waals surface area (Å²) >= 11 is 0. The van der Waals surface area contributed by atoms with Gasteiger partial charge in [-0.2, -0.15) is 0 Å². The molecule has 0 bridgehead atoms. The number of carbonyl (C=O) groups is 2. The highest BCUT2D eigenvalue weighted by molar-refractivity contribution is 5.91. The van der Waals surface area contributed by atoms with Crippen molar-refractivity contribution in [1.29, 1.82) is 0 Å². The third-order valence-corrected chi connectivity index (χ3v) is 2.45. The van der Waals surface area contributed by atoms with E-state index in [1.165, 1.54) is 0 Å². The van der Waals surface area contributed by atoms with Crippen LogP contribution in [0.2, 0.25) is 0 Å². The van der Waals surface area contributed by atoms with Crippen LogP contribution >= 0.6 is 0 Å². The van der Waals surface area contributed by atoms with Crippen LogP contribution in [0.4, 0.5) is 4.79 Å². The van der Waals surface area contributed by atoms with Crippen molar-refractivity contribution in [2.75, 3.05) is 19.7 Å². The molecule has 0 aromatic rings. The molecule has 1 rings (SSSR count). The van der Waals surface area contributed by atoms with Crippen molar-refractivity contribution in [2.45, 2.75) is 26.2 Å². The Balaban J connectivity index is 2.19. The van der Waals surface area contributed by atoms with Crippen LogP contribution in [-0.4, -0.2) is 31.7 Å². The molecule has 15 heavy (non-hydrogen) atoms. The van der Waals surface area contributed by atoms with Gasteiger partial charge < -0.3 is 10.1 Å². The minimum atomic E-state index is -0.642. The summed E-state index contributed by atoms with van der Waals surface area (Å²) in [7, 11) is 0. The summed E-state index contributed by atoms with van der Waals surface area (Å²) in [5.74, 6) is 0.154. The van der Waals surface area contributed by atoms with Gasteiger partial charge in [0, 0.05) is 6.42 Å². The lowest BCUT2D eigenvalue weighted by Crippen LogP contribution is -2.35. The van der Waals surface area contributed by atoms with E-state index < -0.39 is 6.09 Å². The average Bonchev–Trinajstić information content (AvgIpc) is 2.19. The summed E-state index contributed by atoms with van der Waals surface area (Å²) in [4.78, 5) is 22.3. The Kier molecular flexibility index (Phi) is 5.10. The van der Waals surface area contributed by atoms with Crippen molar-refractivity contribution < 1.29 is 14.3 Å². The zero-order valence-electron chi connectivity index (χ0n) is 9.04. The van der Waals surface area contributed by atoms with E-state index in [2.05, 4.69) is 15.4 Å². The third-order valence-electron chi connectivity index (χ3n) is 2.45. The van der Waals surface area contributed by atoms with Crippen molar-refractivity contribution in [1.82, 2.24) is 10.6 Å². The first-order chi connectivity index (χ1) is 7.22. The van der Waals surface area contributed by atoms with Gasteiger partial charge in [0.05, 0.1) is 6.61 Å². The molecule has 0 atom stereocenters. The van der Waals surface area contributed by atoms with Gasteiger partial charge in [-0.05, 0) is 38.8 Å². The summed E-state index contributed by atoms with van der Waals surface area (Å²) in [6.07, 6.45) is 1.77. The third kappa shape index (κ3) is 4.78. The fourth-order valence-electron chi connectivity index (χ4n) is 1.68. The first-order valence-corrected chi connectivity index (χ1v) is 5.39. The molecule has 1 aliphatic rings. The normalized spacial score (nSPS) is 17.1. The van der Waals surface area contributed by atoms with Gasteiger partial charge in [-0.25, -0.2) is 4.79 Å². The van der Waals surface area contributed by atoms with Gasteiger partial charge in [-0.15, -0.1) is 0 Å². The number of hydrogen-bond donors (Lipinski definition) is 2. The van der Waals surface area contributed by atoms with E-state index in [1.807, 2.05) is 0 Å². The molecule has 0 aliphatic carbocycles. The molecular formula is C10H18N2O3. The Hall–Kier alpha value is -1.10.